The van der Waals surface area contributed by atoms with E-state index in [1.54, 1.807) is 0 Å². The topological polar surface area (TPSA) is 32.3 Å². The average molecular weight is 224 g/mol. The molecule has 0 radical (unpaired) electrons. The first-order valence-electron chi connectivity index (χ1n) is 6.84. The maximum atomic E-state index is 12.0. The van der Waals surface area contributed by atoms with Crippen molar-refractivity contribution < 1.29 is 4.79 Å². The Morgan fingerprint density at radius 2 is 1.94 bits per heavy atom. The van der Waals surface area contributed by atoms with Gasteiger partial charge in [0.15, 0.2) is 0 Å². The number of carbonyl (C=O) groups is 1. The van der Waals surface area contributed by atoms with Crippen LogP contribution in [0.3, 0.4) is 0 Å². The fourth-order valence-electron chi connectivity index (χ4n) is 3.08. The Balaban J connectivity index is 1.90. The van der Waals surface area contributed by atoms with Crippen molar-refractivity contribution in [2.24, 2.45) is 0 Å². The Bertz CT molecular complexity index is 234. The van der Waals surface area contributed by atoms with Gasteiger partial charge in [-0.25, -0.2) is 0 Å². The van der Waals surface area contributed by atoms with Crippen LogP contribution in [0.15, 0.2) is 0 Å². The maximum absolute atomic E-state index is 12.0. The van der Waals surface area contributed by atoms with Gasteiger partial charge in [-0.15, -0.1) is 0 Å². The first-order chi connectivity index (χ1) is 7.81. The summed E-state index contributed by atoms with van der Waals surface area (Å²) >= 11 is 0. The molecule has 2 rings (SSSR count). The largest absolute Gasteiger partial charge is 0.338 e. The highest BCUT2D eigenvalue weighted by atomic mass is 16.2. The van der Waals surface area contributed by atoms with Crippen molar-refractivity contribution in [1.29, 1.82) is 0 Å². The van der Waals surface area contributed by atoms with Gasteiger partial charge in [0.25, 0.3) is 0 Å². The molecule has 0 aromatic carbocycles. The van der Waals surface area contributed by atoms with Crippen LogP contribution in [0.5, 0.6) is 0 Å². The van der Waals surface area contributed by atoms with Crippen molar-refractivity contribution >= 4 is 5.91 Å². The minimum atomic E-state index is 0.373. The van der Waals surface area contributed by atoms with Gasteiger partial charge in [0.2, 0.25) is 5.91 Å². The Morgan fingerprint density at radius 1 is 1.25 bits per heavy atom. The molecule has 1 saturated heterocycles. The molecule has 1 unspecified atom stereocenters. The molecule has 1 heterocycles. The van der Waals surface area contributed by atoms with E-state index in [4.69, 9.17) is 0 Å². The molecule has 1 amide bonds. The van der Waals surface area contributed by atoms with Crippen LogP contribution in [0.4, 0.5) is 0 Å². The zero-order valence-electron chi connectivity index (χ0n) is 10.4. The van der Waals surface area contributed by atoms with Crippen molar-refractivity contribution in [2.75, 3.05) is 13.1 Å². The number of nitrogens with one attached hydrogen (secondary N) is 1. The monoisotopic (exact) mass is 224 g/mol. The van der Waals surface area contributed by atoms with E-state index < -0.39 is 0 Å². The molecule has 1 aliphatic carbocycles. The molecule has 1 atom stereocenters. The lowest BCUT2D eigenvalue weighted by Gasteiger charge is -2.27. The first-order valence-corrected chi connectivity index (χ1v) is 6.84. The summed E-state index contributed by atoms with van der Waals surface area (Å²) < 4.78 is 0. The molecule has 1 aliphatic heterocycles. The zero-order chi connectivity index (χ0) is 11.4. The molecule has 0 aromatic rings. The number of likely N-dealkylation sites (N-methyl/N-ethyl adjacent to an activating group) is 1. The van der Waals surface area contributed by atoms with E-state index in [-0.39, 0.29) is 0 Å². The average Bonchev–Trinajstić information content (AvgIpc) is 2.52. The van der Waals surface area contributed by atoms with Gasteiger partial charge in [0.1, 0.15) is 0 Å². The van der Waals surface area contributed by atoms with Gasteiger partial charge in [0.05, 0.1) is 0 Å². The number of likely N-dealkylation sites (tertiary alicyclic amines) is 1. The smallest absolute Gasteiger partial charge is 0.224 e. The second kappa shape index (κ2) is 5.67. The molecule has 2 aliphatic rings. The highest BCUT2D eigenvalue weighted by Gasteiger charge is 2.33. The third-order valence-electron chi connectivity index (χ3n) is 3.92. The van der Waals surface area contributed by atoms with Gasteiger partial charge in [-0.05, 0) is 19.4 Å². The van der Waals surface area contributed by atoms with Crippen molar-refractivity contribution in [3.8, 4) is 0 Å². The van der Waals surface area contributed by atoms with Crippen LogP contribution in [0.2, 0.25) is 0 Å². The molecule has 2 fully saturated rings. The molecule has 1 N–H and O–H groups in total. The lowest BCUT2D eigenvalue weighted by Crippen LogP contribution is -2.38. The number of hydrogen-bond acceptors (Lipinski definition) is 2. The minimum absolute atomic E-state index is 0.373. The van der Waals surface area contributed by atoms with E-state index in [1.165, 1.54) is 38.5 Å². The summed E-state index contributed by atoms with van der Waals surface area (Å²) in [6.45, 7) is 4.02. The van der Waals surface area contributed by atoms with Crippen molar-refractivity contribution in [3.05, 3.63) is 0 Å². The first kappa shape index (κ1) is 11.9. The third kappa shape index (κ3) is 2.76. The summed E-state index contributed by atoms with van der Waals surface area (Å²) in [5.41, 5.74) is 0. The lowest BCUT2D eigenvalue weighted by atomic mass is 10.1. The van der Waals surface area contributed by atoms with E-state index in [2.05, 4.69) is 17.1 Å². The maximum Gasteiger partial charge on any atom is 0.224 e. The van der Waals surface area contributed by atoms with E-state index >= 15 is 0 Å². The van der Waals surface area contributed by atoms with Gasteiger partial charge >= 0.3 is 0 Å². The zero-order valence-corrected chi connectivity index (χ0v) is 10.4. The van der Waals surface area contributed by atoms with Crippen LogP contribution >= 0.6 is 0 Å². The molecule has 0 spiro atoms. The van der Waals surface area contributed by atoms with Gasteiger partial charge in [-0.2, -0.15) is 0 Å². The predicted molar refractivity (Wildman–Crippen MR) is 65.3 cm³/mol. The summed E-state index contributed by atoms with van der Waals surface area (Å²) in [5.74, 6) is 0.373. The third-order valence-corrected chi connectivity index (χ3v) is 3.92. The van der Waals surface area contributed by atoms with Crippen LogP contribution < -0.4 is 5.32 Å². The SMILES string of the molecule is CCNC1CC(=O)N(C2CCCCCC2)C1. The van der Waals surface area contributed by atoms with Crippen LogP contribution in [0, 0.1) is 0 Å². The molecule has 0 aromatic heterocycles. The number of rotatable bonds is 3. The summed E-state index contributed by atoms with van der Waals surface area (Å²) in [6.07, 6.45) is 8.49. The second-order valence-corrected chi connectivity index (χ2v) is 5.15. The molecule has 3 heteroatoms. The minimum Gasteiger partial charge on any atom is -0.338 e. The molecular formula is C13H24N2O. The fraction of sp³-hybridized carbons (Fsp3) is 0.923. The van der Waals surface area contributed by atoms with Gasteiger partial charge in [-0.1, -0.05) is 32.6 Å². The van der Waals surface area contributed by atoms with E-state index in [9.17, 15) is 4.79 Å². The molecule has 0 bridgehead atoms. The van der Waals surface area contributed by atoms with Gasteiger partial charge < -0.3 is 10.2 Å². The van der Waals surface area contributed by atoms with Gasteiger partial charge in [0, 0.05) is 25.0 Å². The summed E-state index contributed by atoms with van der Waals surface area (Å²) in [6, 6.07) is 0.944. The fourth-order valence-corrected chi connectivity index (χ4v) is 3.08. The number of nitrogens with zero attached hydrogens (tertiary/aromatic N) is 1. The molecule has 3 nitrogen and oxygen atoms in total. The summed E-state index contributed by atoms with van der Waals surface area (Å²) in [7, 11) is 0. The quantitative estimate of drug-likeness (QED) is 0.743. The molecule has 92 valence electrons. The second-order valence-electron chi connectivity index (χ2n) is 5.15. The predicted octanol–water partition coefficient (Wildman–Crippen LogP) is 1.92. The van der Waals surface area contributed by atoms with Crippen molar-refractivity contribution in [3.63, 3.8) is 0 Å². The van der Waals surface area contributed by atoms with Crippen LogP contribution in [-0.4, -0.2) is 36.0 Å². The molecule has 1 saturated carbocycles. The number of amides is 1. The number of hydrogen-bond donors (Lipinski definition) is 1. The van der Waals surface area contributed by atoms with Crippen molar-refractivity contribution in [1.82, 2.24) is 10.2 Å². The normalized spacial score (nSPS) is 28.4. The Kier molecular flexibility index (Phi) is 4.22. The van der Waals surface area contributed by atoms with E-state index in [1.807, 2.05) is 0 Å². The Morgan fingerprint density at radius 3 is 2.56 bits per heavy atom. The highest BCUT2D eigenvalue weighted by molar-refractivity contribution is 5.79. The molecular weight excluding hydrogens is 200 g/mol. The van der Waals surface area contributed by atoms with Crippen molar-refractivity contribution in [2.45, 2.75) is 64.0 Å². The molecule has 16 heavy (non-hydrogen) atoms. The van der Waals surface area contributed by atoms with Crippen LogP contribution in [0.1, 0.15) is 51.9 Å². The number of carbonyl (C=O) groups excluding carboxylic acids is 1. The van der Waals surface area contributed by atoms with E-state index in [0.717, 1.165) is 13.1 Å². The highest BCUT2D eigenvalue weighted by Crippen LogP contribution is 2.25. The lowest BCUT2D eigenvalue weighted by molar-refractivity contribution is -0.129. The van der Waals surface area contributed by atoms with Gasteiger partial charge in [-0.3, -0.25) is 4.79 Å². The standard InChI is InChI=1S/C13H24N2O/c1-2-14-11-9-13(16)15(10-11)12-7-5-3-4-6-8-12/h11-12,14H,2-10H2,1H3. The van der Waals surface area contributed by atoms with Crippen LogP contribution in [-0.2, 0) is 4.79 Å². The van der Waals surface area contributed by atoms with E-state index in [0.29, 0.717) is 24.4 Å². The summed E-state index contributed by atoms with van der Waals surface area (Å²) in [4.78, 5) is 14.1. The summed E-state index contributed by atoms with van der Waals surface area (Å²) in [5, 5.41) is 3.40. The van der Waals surface area contributed by atoms with Crippen LogP contribution in [0.25, 0.3) is 0 Å². The Labute approximate surface area is 98.6 Å². The Hall–Kier alpha value is -0.570.